The van der Waals surface area contributed by atoms with Gasteiger partial charge in [-0.25, -0.2) is 0 Å². The van der Waals surface area contributed by atoms with E-state index in [4.69, 9.17) is 11.6 Å². The quantitative estimate of drug-likeness (QED) is 0.527. The highest BCUT2D eigenvalue weighted by molar-refractivity contribution is 8.16. The van der Waals surface area contributed by atoms with Crippen molar-refractivity contribution in [3.8, 4) is 0 Å². The van der Waals surface area contributed by atoms with Gasteiger partial charge in [-0.15, -0.1) is 11.8 Å². The van der Waals surface area contributed by atoms with Crippen LogP contribution in [0.2, 0.25) is 5.02 Å². The number of halogens is 1. The summed E-state index contributed by atoms with van der Waals surface area (Å²) in [5, 5.41) is 4.62. The number of hydrogen-bond acceptors (Lipinski definition) is 6. The Morgan fingerprint density at radius 2 is 1.76 bits per heavy atom. The van der Waals surface area contributed by atoms with E-state index in [1.54, 1.807) is 11.8 Å². The third-order valence-electron chi connectivity index (χ3n) is 7.61. The normalized spacial score (nSPS) is 32.5. The molecule has 0 unspecified atom stereocenters. The molecular weight excluding hydrogens is 476 g/mol. The maximum Gasteiger partial charge on any atom is 0.286 e. The second kappa shape index (κ2) is 6.63. The van der Waals surface area contributed by atoms with Crippen molar-refractivity contribution >= 4 is 62.8 Å². The Balaban J connectivity index is 1.61. The van der Waals surface area contributed by atoms with E-state index in [0.29, 0.717) is 16.5 Å². The molecule has 3 fully saturated rings. The molecule has 2 amide bonds. The average molecular weight is 493 g/mol. The second-order valence-electron chi connectivity index (χ2n) is 8.89. The van der Waals surface area contributed by atoms with Crippen molar-refractivity contribution in [2.24, 2.45) is 0 Å². The number of ketones is 1. The second-order valence-corrected chi connectivity index (χ2v) is 11.5. The topological polar surface area (TPSA) is 66.5 Å². The van der Waals surface area contributed by atoms with Gasteiger partial charge >= 0.3 is 0 Å². The van der Waals surface area contributed by atoms with Gasteiger partial charge < -0.3 is 0 Å². The van der Waals surface area contributed by atoms with Gasteiger partial charge in [-0.3, -0.25) is 24.6 Å². The molecule has 3 aromatic carbocycles. The molecule has 164 valence electrons. The molecule has 0 aromatic heterocycles. The first-order valence-corrected chi connectivity index (χ1v) is 13.1. The lowest BCUT2D eigenvalue weighted by atomic mass is 9.70. The molecule has 3 heterocycles. The third-order valence-corrected chi connectivity index (χ3v) is 10.2. The zero-order valence-corrected chi connectivity index (χ0v) is 19.6. The van der Waals surface area contributed by atoms with E-state index in [1.807, 2.05) is 60.7 Å². The van der Waals surface area contributed by atoms with Gasteiger partial charge in [0, 0.05) is 34.2 Å². The number of benzene rings is 3. The average Bonchev–Trinajstić information content (AvgIpc) is 3.51. The Morgan fingerprint density at radius 1 is 1.00 bits per heavy atom. The minimum absolute atomic E-state index is 0.0751. The number of carbonyl (C=O) groups excluding carboxylic acids is 3. The Labute approximate surface area is 203 Å². The Hall–Kier alpha value is -2.32. The number of hydrogen-bond donors (Lipinski definition) is 1. The molecule has 5 nitrogen and oxygen atoms in total. The van der Waals surface area contributed by atoms with E-state index in [2.05, 4.69) is 10.2 Å². The number of rotatable bonds is 1. The zero-order valence-electron chi connectivity index (χ0n) is 17.2. The lowest BCUT2D eigenvalue weighted by molar-refractivity contribution is -0.123. The fourth-order valence-electron chi connectivity index (χ4n) is 6.56. The predicted molar refractivity (Wildman–Crippen MR) is 131 cm³/mol. The summed E-state index contributed by atoms with van der Waals surface area (Å²) in [6.07, 6.45) is 0. The van der Waals surface area contributed by atoms with Gasteiger partial charge in [-0.05, 0) is 45.8 Å². The highest BCUT2D eigenvalue weighted by Crippen LogP contribution is 2.69. The van der Waals surface area contributed by atoms with Gasteiger partial charge in [0.1, 0.15) is 10.3 Å². The molecule has 8 heteroatoms. The van der Waals surface area contributed by atoms with Crippen molar-refractivity contribution in [2.45, 2.75) is 22.2 Å². The SMILES string of the molecule is O=C1NC(=O)[C@@]2(S1)[C@H](c1ccc(Cl)cc1)[C@H]1CSCN1[C@]21C(=O)c2cccc3cccc1c23. The number of nitrogens with one attached hydrogen (secondary N) is 1. The fourth-order valence-corrected chi connectivity index (χ4v) is 9.46. The van der Waals surface area contributed by atoms with Gasteiger partial charge in [-0.2, -0.15) is 0 Å². The molecule has 4 aliphatic rings. The molecule has 3 aromatic rings. The van der Waals surface area contributed by atoms with Crippen LogP contribution in [0.5, 0.6) is 0 Å². The molecule has 2 spiro atoms. The number of carbonyl (C=O) groups is 3. The molecule has 0 bridgehead atoms. The van der Waals surface area contributed by atoms with Gasteiger partial charge in [0.05, 0.1) is 0 Å². The summed E-state index contributed by atoms with van der Waals surface area (Å²) >= 11 is 8.95. The van der Waals surface area contributed by atoms with Crippen molar-refractivity contribution in [3.63, 3.8) is 0 Å². The van der Waals surface area contributed by atoms with Crippen LogP contribution in [-0.2, 0) is 10.3 Å². The summed E-state index contributed by atoms with van der Waals surface area (Å²) in [4.78, 5) is 43.4. The molecule has 0 saturated carbocycles. The van der Waals surface area contributed by atoms with Gasteiger partial charge in [0.2, 0.25) is 5.91 Å². The largest absolute Gasteiger partial charge is 0.292 e. The molecule has 7 rings (SSSR count). The van der Waals surface area contributed by atoms with Crippen LogP contribution in [0.1, 0.15) is 27.4 Å². The highest BCUT2D eigenvalue weighted by atomic mass is 35.5. The molecule has 4 atom stereocenters. The Kier molecular flexibility index (Phi) is 4.04. The van der Waals surface area contributed by atoms with Crippen molar-refractivity contribution in [1.82, 2.24) is 10.2 Å². The van der Waals surface area contributed by atoms with E-state index in [9.17, 15) is 14.4 Å². The van der Waals surface area contributed by atoms with Crippen LogP contribution >= 0.6 is 35.1 Å². The first kappa shape index (κ1) is 20.1. The van der Waals surface area contributed by atoms with Crippen LogP contribution in [0.15, 0.2) is 60.7 Å². The van der Waals surface area contributed by atoms with Crippen molar-refractivity contribution < 1.29 is 14.4 Å². The minimum atomic E-state index is -1.31. The number of thioether (sulfide) groups is 2. The van der Waals surface area contributed by atoms with Gasteiger partial charge in [0.15, 0.2) is 5.78 Å². The van der Waals surface area contributed by atoms with Gasteiger partial charge in [-0.1, -0.05) is 60.1 Å². The highest BCUT2D eigenvalue weighted by Gasteiger charge is 2.80. The Morgan fingerprint density at radius 3 is 2.48 bits per heavy atom. The maximum absolute atomic E-state index is 14.5. The molecule has 1 aliphatic carbocycles. The van der Waals surface area contributed by atoms with Crippen molar-refractivity contribution in [3.05, 3.63) is 82.4 Å². The standard InChI is InChI=1S/C25H17ClN2O3S2/c26-15-9-7-14(8-10-15)20-18-11-32-12-28(18)24(25(20)22(30)27-23(31)33-25)17-6-2-4-13-3-1-5-16(19(13)17)21(24)29/h1-10,18,20H,11-12H2,(H,27,30,31)/t18-,20-,24-,25+/m1/s1. The van der Waals surface area contributed by atoms with E-state index in [1.165, 1.54) is 0 Å². The summed E-state index contributed by atoms with van der Waals surface area (Å²) in [6.45, 7) is 0. The van der Waals surface area contributed by atoms with Crippen molar-refractivity contribution in [2.75, 3.05) is 11.6 Å². The number of nitrogens with zero attached hydrogens (tertiary/aromatic N) is 1. The van der Waals surface area contributed by atoms with Crippen LogP contribution in [-0.4, -0.2) is 44.2 Å². The molecule has 33 heavy (non-hydrogen) atoms. The van der Waals surface area contributed by atoms with E-state index >= 15 is 0 Å². The zero-order chi connectivity index (χ0) is 22.5. The smallest absolute Gasteiger partial charge is 0.286 e. The lowest BCUT2D eigenvalue weighted by Crippen LogP contribution is -2.61. The van der Waals surface area contributed by atoms with E-state index in [-0.39, 0.29) is 23.7 Å². The number of amides is 2. The van der Waals surface area contributed by atoms with E-state index in [0.717, 1.165) is 39.4 Å². The predicted octanol–water partition coefficient (Wildman–Crippen LogP) is 4.78. The number of fused-ring (bicyclic) bond motifs is 4. The number of imide groups is 1. The summed E-state index contributed by atoms with van der Waals surface area (Å²) in [5.74, 6) is 0.577. The van der Waals surface area contributed by atoms with Crippen molar-refractivity contribution in [1.29, 1.82) is 0 Å². The molecule has 3 aliphatic heterocycles. The summed E-state index contributed by atoms with van der Waals surface area (Å²) < 4.78 is -1.31. The monoisotopic (exact) mass is 492 g/mol. The van der Waals surface area contributed by atoms with Crippen LogP contribution < -0.4 is 5.32 Å². The van der Waals surface area contributed by atoms with Crippen LogP contribution in [0.25, 0.3) is 10.8 Å². The third kappa shape index (κ3) is 2.20. The summed E-state index contributed by atoms with van der Waals surface area (Å²) in [6, 6.07) is 19.1. The Bertz CT molecular complexity index is 1410. The van der Waals surface area contributed by atoms with Crippen LogP contribution in [0.4, 0.5) is 4.79 Å². The fraction of sp³-hybridized carbons (Fsp3) is 0.240. The molecule has 0 radical (unpaired) electrons. The van der Waals surface area contributed by atoms with Crippen LogP contribution in [0, 0.1) is 0 Å². The lowest BCUT2D eigenvalue weighted by Gasteiger charge is -2.43. The first-order valence-electron chi connectivity index (χ1n) is 10.7. The number of Topliss-reactive ketones (excluding diaryl/α,β-unsaturated/α-hetero) is 1. The summed E-state index contributed by atoms with van der Waals surface area (Å²) in [7, 11) is 0. The minimum Gasteiger partial charge on any atom is -0.292 e. The first-order chi connectivity index (χ1) is 16.0. The van der Waals surface area contributed by atoms with Crippen LogP contribution in [0.3, 0.4) is 0 Å². The summed E-state index contributed by atoms with van der Waals surface area (Å²) in [5.41, 5.74) is 1.13. The molecule has 1 N–H and O–H groups in total. The van der Waals surface area contributed by atoms with E-state index < -0.39 is 15.5 Å². The molecule has 3 saturated heterocycles. The maximum atomic E-state index is 14.5. The molecular formula is C25H17ClN2O3S2. The van der Waals surface area contributed by atoms with Gasteiger partial charge in [0.25, 0.3) is 5.24 Å².